The SMILES string of the molecule is COc1ccc(C)cc1NC(=O)CC1CCCCC1N.Cl. The van der Waals surface area contributed by atoms with Crippen molar-refractivity contribution in [3.63, 3.8) is 0 Å². The van der Waals surface area contributed by atoms with Crippen LogP contribution in [-0.4, -0.2) is 19.1 Å². The van der Waals surface area contributed by atoms with Crippen LogP contribution in [0.15, 0.2) is 18.2 Å². The van der Waals surface area contributed by atoms with Gasteiger partial charge < -0.3 is 15.8 Å². The number of ether oxygens (including phenoxy) is 1. The molecular weight excluding hydrogens is 288 g/mol. The van der Waals surface area contributed by atoms with E-state index < -0.39 is 0 Å². The summed E-state index contributed by atoms with van der Waals surface area (Å²) >= 11 is 0. The van der Waals surface area contributed by atoms with Crippen molar-refractivity contribution in [3.05, 3.63) is 23.8 Å². The maximum atomic E-state index is 12.2. The molecule has 0 radical (unpaired) electrons. The molecule has 3 N–H and O–H groups in total. The number of carbonyl (C=O) groups excluding carboxylic acids is 1. The van der Waals surface area contributed by atoms with E-state index in [0.717, 1.165) is 24.1 Å². The highest BCUT2D eigenvalue weighted by Gasteiger charge is 2.24. The fourth-order valence-electron chi connectivity index (χ4n) is 2.85. The van der Waals surface area contributed by atoms with Crippen LogP contribution in [0.3, 0.4) is 0 Å². The average Bonchev–Trinajstić information content (AvgIpc) is 2.41. The molecular formula is C16H25ClN2O2. The first-order valence-electron chi connectivity index (χ1n) is 7.30. The lowest BCUT2D eigenvalue weighted by molar-refractivity contribution is -0.117. The molecule has 1 aliphatic rings. The molecule has 4 nitrogen and oxygen atoms in total. The topological polar surface area (TPSA) is 64.3 Å². The zero-order chi connectivity index (χ0) is 14.5. The Labute approximate surface area is 132 Å². The molecule has 2 atom stereocenters. The van der Waals surface area contributed by atoms with Gasteiger partial charge in [-0.2, -0.15) is 0 Å². The number of nitrogens with two attached hydrogens (primary N) is 1. The number of aryl methyl sites for hydroxylation is 1. The van der Waals surface area contributed by atoms with E-state index in [1.165, 1.54) is 12.8 Å². The van der Waals surface area contributed by atoms with Crippen LogP contribution in [0.2, 0.25) is 0 Å². The zero-order valence-electron chi connectivity index (χ0n) is 12.7. The first-order valence-corrected chi connectivity index (χ1v) is 7.30. The van der Waals surface area contributed by atoms with E-state index in [9.17, 15) is 4.79 Å². The third-order valence-electron chi connectivity index (χ3n) is 4.04. The summed E-state index contributed by atoms with van der Waals surface area (Å²) in [6, 6.07) is 5.93. The van der Waals surface area contributed by atoms with Crippen LogP contribution in [0.5, 0.6) is 5.75 Å². The maximum Gasteiger partial charge on any atom is 0.224 e. The highest BCUT2D eigenvalue weighted by molar-refractivity contribution is 5.92. The molecule has 1 amide bonds. The Bertz CT molecular complexity index is 479. The number of methoxy groups -OCH3 is 1. The molecule has 0 aromatic heterocycles. The summed E-state index contributed by atoms with van der Waals surface area (Å²) in [6.45, 7) is 1.99. The van der Waals surface area contributed by atoms with Gasteiger partial charge in [0.1, 0.15) is 5.75 Å². The summed E-state index contributed by atoms with van der Waals surface area (Å²) in [7, 11) is 1.61. The molecule has 0 spiro atoms. The van der Waals surface area contributed by atoms with E-state index in [0.29, 0.717) is 18.1 Å². The van der Waals surface area contributed by atoms with Gasteiger partial charge in [-0.05, 0) is 43.4 Å². The Balaban J connectivity index is 0.00000220. The minimum atomic E-state index is 0. The fraction of sp³-hybridized carbons (Fsp3) is 0.562. The van der Waals surface area contributed by atoms with Crippen LogP contribution >= 0.6 is 12.4 Å². The number of nitrogens with one attached hydrogen (secondary N) is 1. The minimum absolute atomic E-state index is 0. The van der Waals surface area contributed by atoms with Crippen molar-refractivity contribution in [1.82, 2.24) is 0 Å². The Morgan fingerprint density at radius 1 is 1.38 bits per heavy atom. The van der Waals surface area contributed by atoms with Gasteiger partial charge in [0.05, 0.1) is 12.8 Å². The van der Waals surface area contributed by atoms with Crippen LogP contribution in [-0.2, 0) is 4.79 Å². The van der Waals surface area contributed by atoms with Gasteiger partial charge in [-0.1, -0.05) is 18.9 Å². The van der Waals surface area contributed by atoms with Crippen molar-refractivity contribution in [2.75, 3.05) is 12.4 Å². The van der Waals surface area contributed by atoms with Crippen molar-refractivity contribution in [2.45, 2.75) is 45.1 Å². The molecule has 1 saturated carbocycles. The van der Waals surface area contributed by atoms with Gasteiger partial charge in [0.15, 0.2) is 0 Å². The summed E-state index contributed by atoms with van der Waals surface area (Å²) < 4.78 is 5.27. The van der Waals surface area contributed by atoms with E-state index in [1.54, 1.807) is 7.11 Å². The van der Waals surface area contributed by atoms with Crippen LogP contribution in [0.1, 0.15) is 37.7 Å². The van der Waals surface area contributed by atoms with E-state index in [1.807, 2.05) is 25.1 Å². The number of benzene rings is 1. The number of rotatable bonds is 4. The molecule has 2 rings (SSSR count). The molecule has 118 valence electrons. The summed E-state index contributed by atoms with van der Waals surface area (Å²) in [5, 5.41) is 2.95. The smallest absolute Gasteiger partial charge is 0.224 e. The molecule has 5 heteroatoms. The van der Waals surface area contributed by atoms with Gasteiger partial charge >= 0.3 is 0 Å². The van der Waals surface area contributed by atoms with Crippen molar-refractivity contribution >= 4 is 24.0 Å². The number of hydrogen-bond acceptors (Lipinski definition) is 3. The normalized spacial score (nSPS) is 21.3. The third kappa shape index (κ3) is 4.90. The number of carbonyl (C=O) groups is 1. The Morgan fingerprint density at radius 3 is 2.76 bits per heavy atom. The van der Waals surface area contributed by atoms with Gasteiger partial charge in [0, 0.05) is 12.5 Å². The lowest BCUT2D eigenvalue weighted by Crippen LogP contribution is -2.35. The molecule has 1 aromatic rings. The van der Waals surface area contributed by atoms with Crippen molar-refractivity contribution in [1.29, 1.82) is 0 Å². The zero-order valence-corrected chi connectivity index (χ0v) is 13.5. The molecule has 1 aromatic carbocycles. The maximum absolute atomic E-state index is 12.2. The van der Waals surface area contributed by atoms with Gasteiger partial charge in [0.25, 0.3) is 0 Å². The van der Waals surface area contributed by atoms with Gasteiger partial charge in [-0.25, -0.2) is 0 Å². The highest BCUT2D eigenvalue weighted by atomic mass is 35.5. The Morgan fingerprint density at radius 2 is 2.10 bits per heavy atom. The summed E-state index contributed by atoms with van der Waals surface area (Å²) in [5.74, 6) is 1.02. The molecule has 0 bridgehead atoms. The predicted molar refractivity (Wildman–Crippen MR) is 88.2 cm³/mol. The summed E-state index contributed by atoms with van der Waals surface area (Å²) in [5.41, 5.74) is 7.93. The average molecular weight is 313 g/mol. The van der Waals surface area contributed by atoms with Gasteiger partial charge in [0.2, 0.25) is 5.91 Å². The highest BCUT2D eigenvalue weighted by Crippen LogP contribution is 2.28. The summed E-state index contributed by atoms with van der Waals surface area (Å²) in [4.78, 5) is 12.2. The number of amides is 1. The van der Waals surface area contributed by atoms with Gasteiger partial charge in [-0.15, -0.1) is 12.4 Å². The van der Waals surface area contributed by atoms with Crippen molar-refractivity contribution in [3.8, 4) is 5.75 Å². The molecule has 0 saturated heterocycles. The lowest BCUT2D eigenvalue weighted by atomic mass is 9.83. The van der Waals surface area contributed by atoms with Crippen molar-refractivity contribution in [2.24, 2.45) is 11.7 Å². The second kappa shape index (κ2) is 8.25. The second-order valence-corrected chi connectivity index (χ2v) is 5.66. The Hall–Kier alpha value is -1.26. The van der Waals surface area contributed by atoms with E-state index in [-0.39, 0.29) is 24.4 Å². The first-order chi connectivity index (χ1) is 9.60. The van der Waals surface area contributed by atoms with Crippen LogP contribution in [0.25, 0.3) is 0 Å². The molecule has 21 heavy (non-hydrogen) atoms. The van der Waals surface area contributed by atoms with E-state index in [2.05, 4.69) is 5.32 Å². The quantitative estimate of drug-likeness (QED) is 0.896. The number of anilines is 1. The van der Waals surface area contributed by atoms with Crippen LogP contribution in [0.4, 0.5) is 5.69 Å². The molecule has 2 unspecified atom stereocenters. The molecule has 0 heterocycles. The second-order valence-electron chi connectivity index (χ2n) is 5.66. The lowest BCUT2D eigenvalue weighted by Gasteiger charge is -2.28. The van der Waals surface area contributed by atoms with E-state index in [4.69, 9.17) is 10.5 Å². The number of hydrogen-bond donors (Lipinski definition) is 2. The monoisotopic (exact) mass is 312 g/mol. The molecule has 1 fully saturated rings. The largest absolute Gasteiger partial charge is 0.495 e. The van der Waals surface area contributed by atoms with Crippen LogP contribution in [0, 0.1) is 12.8 Å². The molecule has 0 aliphatic heterocycles. The Kier molecular flexibility index (Phi) is 6.99. The fourth-order valence-corrected chi connectivity index (χ4v) is 2.85. The number of halogens is 1. The molecule has 1 aliphatic carbocycles. The third-order valence-corrected chi connectivity index (χ3v) is 4.04. The van der Waals surface area contributed by atoms with E-state index >= 15 is 0 Å². The van der Waals surface area contributed by atoms with Gasteiger partial charge in [-0.3, -0.25) is 4.79 Å². The van der Waals surface area contributed by atoms with Crippen LogP contribution < -0.4 is 15.8 Å². The van der Waals surface area contributed by atoms with Crippen molar-refractivity contribution < 1.29 is 9.53 Å². The minimum Gasteiger partial charge on any atom is -0.495 e. The predicted octanol–water partition coefficient (Wildman–Crippen LogP) is 3.27. The summed E-state index contributed by atoms with van der Waals surface area (Å²) in [6.07, 6.45) is 4.95. The first kappa shape index (κ1) is 17.8. The standard InChI is InChI=1S/C16H24N2O2.ClH/c1-11-7-8-15(20-2)14(9-11)18-16(19)10-12-5-3-4-6-13(12)17;/h7-9,12-13H,3-6,10,17H2,1-2H3,(H,18,19);1H.